The van der Waals surface area contributed by atoms with Gasteiger partial charge in [-0.05, 0) is 12.1 Å². The van der Waals surface area contributed by atoms with Gasteiger partial charge in [-0.3, -0.25) is 28.9 Å². The van der Waals surface area contributed by atoms with Gasteiger partial charge in [-0.15, -0.1) is 0 Å². The normalized spacial score (nSPS) is 18.3. The molecule has 0 atom stereocenters. The first-order chi connectivity index (χ1) is 12.0. The Labute approximate surface area is 142 Å². The van der Waals surface area contributed by atoms with E-state index in [1.54, 1.807) is 30.3 Å². The molecule has 130 valence electrons. The molecule has 2 saturated heterocycles. The molecule has 1 aromatic rings. The number of hydrogen-bond donors (Lipinski definition) is 0. The third-order valence-electron chi connectivity index (χ3n) is 3.98. The van der Waals surface area contributed by atoms with Gasteiger partial charge in [0.25, 0.3) is 23.6 Å². The second-order valence-corrected chi connectivity index (χ2v) is 5.48. The van der Waals surface area contributed by atoms with Crippen LogP contribution in [0.4, 0.5) is 0 Å². The van der Waals surface area contributed by atoms with E-state index in [9.17, 15) is 24.0 Å². The third-order valence-corrected chi connectivity index (χ3v) is 3.98. The molecule has 2 aliphatic rings. The molecule has 0 unspecified atom stereocenters. The molecule has 1 aromatic carbocycles. The van der Waals surface area contributed by atoms with Crippen molar-refractivity contribution in [3.8, 4) is 5.75 Å². The molecular formula is C16H14N2O7. The van der Waals surface area contributed by atoms with E-state index in [1.807, 2.05) is 0 Å². The van der Waals surface area contributed by atoms with Crippen LogP contribution < -0.4 is 4.74 Å². The fraction of sp³-hybridized carbons (Fsp3) is 0.312. The molecule has 0 radical (unpaired) electrons. The third kappa shape index (κ3) is 2.68. The van der Waals surface area contributed by atoms with E-state index in [0.717, 1.165) is 9.80 Å². The minimum absolute atomic E-state index is 0.273. The van der Waals surface area contributed by atoms with Gasteiger partial charge >= 0.3 is 0 Å². The van der Waals surface area contributed by atoms with E-state index >= 15 is 0 Å². The Hall–Kier alpha value is -3.07. The number of ether oxygens (including phenoxy) is 2. The summed E-state index contributed by atoms with van der Waals surface area (Å²) in [6.07, 6.45) is 0. The van der Waals surface area contributed by atoms with Crippen molar-refractivity contribution in [1.82, 2.24) is 9.80 Å². The van der Waals surface area contributed by atoms with Crippen LogP contribution in [0.3, 0.4) is 0 Å². The number of amides is 4. The summed E-state index contributed by atoms with van der Waals surface area (Å²) in [5.74, 6) is -6.86. The van der Waals surface area contributed by atoms with Crippen molar-refractivity contribution in [1.29, 1.82) is 0 Å². The fourth-order valence-corrected chi connectivity index (χ4v) is 2.61. The summed E-state index contributed by atoms with van der Waals surface area (Å²) >= 11 is 0. The van der Waals surface area contributed by atoms with E-state index in [2.05, 4.69) is 4.74 Å². The van der Waals surface area contributed by atoms with Crippen LogP contribution in [0, 0.1) is 11.8 Å². The summed E-state index contributed by atoms with van der Waals surface area (Å²) in [5.41, 5.74) is 0. The summed E-state index contributed by atoms with van der Waals surface area (Å²) in [6, 6.07) is 8.52. The summed E-state index contributed by atoms with van der Waals surface area (Å²) in [5, 5.41) is 0. The Kier molecular flexibility index (Phi) is 4.32. The molecule has 3 rings (SSSR count). The standard InChI is InChI=1S/C16H14N2O7/c1-24-7-17-13(20)10(14(17)21)12(19)11-15(22)18(16(11)23)8-25-9-5-3-2-4-6-9/h2-6,10-11H,7-8H2,1H3. The highest BCUT2D eigenvalue weighted by Gasteiger charge is 2.60. The van der Waals surface area contributed by atoms with Gasteiger partial charge in [0.05, 0.1) is 0 Å². The van der Waals surface area contributed by atoms with Crippen LogP contribution in [-0.4, -0.2) is 59.8 Å². The van der Waals surface area contributed by atoms with Gasteiger partial charge in [0, 0.05) is 7.11 Å². The van der Waals surface area contributed by atoms with Crippen LogP contribution >= 0.6 is 0 Å². The Morgan fingerprint density at radius 3 is 1.84 bits per heavy atom. The Morgan fingerprint density at radius 1 is 0.880 bits per heavy atom. The fourth-order valence-electron chi connectivity index (χ4n) is 2.61. The van der Waals surface area contributed by atoms with Crippen LogP contribution in [0.2, 0.25) is 0 Å². The Morgan fingerprint density at radius 2 is 1.36 bits per heavy atom. The Balaban J connectivity index is 1.59. The summed E-state index contributed by atoms with van der Waals surface area (Å²) in [6.45, 7) is -0.612. The van der Waals surface area contributed by atoms with Gasteiger partial charge in [-0.2, -0.15) is 0 Å². The zero-order valence-electron chi connectivity index (χ0n) is 13.2. The lowest BCUT2D eigenvalue weighted by Crippen LogP contribution is -2.68. The van der Waals surface area contributed by atoms with Crippen LogP contribution in [0.5, 0.6) is 5.75 Å². The number of carbonyl (C=O) groups excluding carboxylic acids is 5. The van der Waals surface area contributed by atoms with Crippen molar-refractivity contribution in [3.63, 3.8) is 0 Å². The van der Waals surface area contributed by atoms with Crippen molar-refractivity contribution in [2.75, 3.05) is 20.6 Å². The van der Waals surface area contributed by atoms with Crippen molar-refractivity contribution >= 4 is 29.4 Å². The first kappa shape index (κ1) is 16.8. The number of hydrogen-bond acceptors (Lipinski definition) is 7. The SMILES string of the molecule is COCN1C(=O)C(C(=O)C2C(=O)N(COc3ccccc3)C2=O)C1=O. The van der Waals surface area contributed by atoms with Crippen molar-refractivity contribution < 1.29 is 33.4 Å². The maximum absolute atomic E-state index is 12.2. The number of β-lactam (4-membered cyclic amide) rings is 4. The minimum Gasteiger partial charge on any atom is -0.473 e. The lowest BCUT2D eigenvalue weighted by molar-refractivity contribution is -0.178. The largest absolute Gasteiger partial charge is 0.473 e. The van der Waals surface area contributed by atoms with E-state index in [1.165, 1.54) is 7.11 Å². The smallest absolute Gasteiger partial charge is 0.252 e. The highest BCUT2D eigenvalue weighted by molar-refractivity contribution is 6.39. The second kappa shape index (κ2) is 6.44. The number of likely N-dealkylation sites (tertiary alicyclic amines) is 2. The second-order valence-electron chi connectivity index (χ2n) is 5.48. The highest BCUT2D eigenvalue weighted by atomic mass is 16.5. The van der Waals surface area contributed by atoms with E-state index in [0.29, 0.717) is 5.75 Å². The Bertz CT molecular complexity index is 729. The molecule has 0 spiro atoms. The predicted octanol–water partition coefficient (Wildman–Crippen LogP) is -0.834. The summed E-state index contributed by atoms with van der Waals surface area (Å²) in [4.78, 5) is 61.4. The van der Waals surface area contributed by atoms with Crippen molar-refractivity contribution in [2.24, 2.45) is 11.8 Å². The molecule has 2 heterocycles. The molecule has 0 bridgehead atoms. The van der Waals surface area contributed by atoms with E-state index in [4.69, 9.17) is 4.74 Å². The van der Waals surface area contributed by atoms with Crippen LogP contribution in [0.25, 0.3) is 0 Å². The topological polar surface area (TPSA) is 110 Å². The molecule has 0 saturated carbocycles. The van der Waals surface area contributed by atoms with Gasteiger partial charge in [0.1, 0.15) is 12.5 Å². The monoisotopic (exact) mass is 346 g/mol. The van der Waals surface area contributed by atoms with Gasteiger partial charge < -0.3 is 9.47 Å². The number of imide groups is 2. The summed E-state index contributed by atoms with van der Waals surface area (Å²) in [7, 11) is 1.29. The first-order valence-electron chi connectivity index (χ1n) is 7.38. The molecule has 9 heteroatoms. The molecule has 2 fully saturated rings. The molecular weight excluding hydrogens is 332 g/mol. The number of Topliss-reactive ketones (excluding diaryl/α,β-unsaturated/α-hetero) is 1. The molecule has 4 amide bonds. The maximum Gasteiger partial charge on any atom is 0.252 e. The molecule has 25 heavy (non-hydrogen) atoms. The van der Waals surface area contributed by atoms with Gasteiger partial charge in [0.15, 0.2) is 24.3 Å². The lowest BCUT2D eigenvalue weighted by atomic mass is 9.81. The van der Waals surface area contributed by atoms with Crippen molar-refractivity contribution in [2.45, 2.75) is 0 Å². The van der Waals surface area contributed by atoms with Crippen LogP contribution in [0.1, 0.15) is 0 Å². The first-order valence-corrected chi connectivity index (χ1v) is 7.38. The molecule has 2 aliphatic heterocycles. The molecule has 0 aliphatic carbocycles. The van der Waals surface area contributed by atoms with Gasteiger partial charge in [-0.1, -0.05) is 18.2 Å². The maximum atomic E-state index is 12.2. The lowest BCUT2D eigenvalue weighted by Gasteiger charge is -2.39. The summed E-state index contributed by atoms with van der Waals surface area (Å²) < 4.78 is 9.95. The van der Waals surface area contributed by atoms with Gasteiger partial charge in [0.2, 0.25) is 0 Å². The van der Waals surface area contributed by atoms with Crippen molar-refractivity contribution in [3.05, 3.63) is 30.3 Å². The number of methoxy groups -OCH3 is 1. The number of ketones is 1. The number of carbonyl (C=O) groups is 5. The molecule has 0 N–H and O–H groups in total. The van der Waals surface area contributed by atoms with Crippen LogP contribution in [-0.2, 0) is 28.7 Å². The number of benzene rings is 1. The number of para-hydroxylation sites is 1. The zero-order chi connectivity index (χ0) is 18.1. The van der Waals surface area contributed by atoms with Gasteiger partial charge in [-0.25, -0.2) is 4.90 Å². The molecule has 9 nitrogen and oxygen atoms in total. The average Bonchev–Trinajstić information content (AvgIpc) is 2.61. The predicted molar refractivity (Wildman–Crippen MR) is 79.5 cm³/mol. The number of nitrogens with zero attached hydrogens (tertiary/aromatic N) is 2. The quantitative estimate of drug-likeness (QED) is 0.468. The highest BCUT2D eigenvalue weighted by Crippen LogP contribution is 2.30. The zero-order valence-corrected chi connectivity index (χ0v) is 13.2. The minimum atomic E-state index is -1.62. The average molecular weight is 346 g/mol. The van der Waals surface area contributed by atoms with E-state index < -0.39 is 41.2 Å². The molecule has 0 aromatic heterocycles. The van der Waals surface area contributed by atoms with Crippen LogP contribution in [0.15, 0.2) is 30.3 Å². The number of rotatable bonds is 7. The van der Waals surface area contributed by atoms with E-state index in [-0.39, 0.29) is 13.5 Å².